The van der Waals surface area contributed by atoms with Crippen molar-refractivity contribution < 1.29 is 19.2 Å². The molecule has 0 atom stereocenters. The third-order valence-corrected chi connectivity index (χ3v) is 7.95. The number of hydrogen-bond donors (Lipinski definition) is 0. The molecule has 2 aliphatic rings. The van der Waals surface area contributed by atoms with Crippen molar-refractivity contribution in [3.63, 3.8) is 0 Å². The molecule has 4 nitrogen and oxygen atoms in total. The number of carbonyl (C=O) groups is 4. The molecule has 4 heteroatoms. The topological polar surface area (TPSA) is 68.3 Å². The van der Waals surface area contributed by atoms with Gasteiger partial charge < -0.3 is 0 Å². The SMILES string of the molecule is CC(C=CC1=C(C)C(=O)C(=O)CC1(C)C)=C/C=C/C(C)=C/C=C/C=C(C)/C=C/C=C(\C)C=CC1=C(C)C(=O)C(=O)CC1(C)C. The van der Waals surface area contributed by atoms with Gasteiger partial charge >= 0.3 is 0 Å². The molecular formula is C40H48O4. The molecule has 0 saturated carbocycles. The minimum absolute atomic E-state index is 0.246. The second-order valence-corrected chi connectivity index (χ2v) is 13.1. The lowest BCUT2D eigenvalue weighted by Crippen LogP contribution is -2.32. The molecule has 0 aliphatic heterocycles. The molecule has 0 bridgehead atoms. The highest BCUT2D eigenvalue weighted by Gasteiger charge is 2.37. The van der Waals surface area contributed by atoms with Gasteiger partial charge in [0.25, 0.3) is 0 Å². The molecular weight excluding hydrogens is 544 g/mol. The molecule has 0 heterocycles. The molecule has 44 heavy (non-hydrogen) atoms. The maximum atomic E-state index is 12.1. The molecule has 0 fully saturated rings. The predicted octanol–water partition coefficient (Wildman–Crippen LogP) is 9.32. The summed E-state index contributed by atoms with van der Waals surface area (Å²) in [5, 5.41) is 0. The Hall–Kier alpha value is -4.18. The number of rotatable bonds is 10. The minimum Gasteiger partial charge on any atom is -0.290 e. The number of ketones is 4. The summed E-state index contributed by atoms with van der Waals surface area (Å²) >= 11 is 0. The van der Waals surface area contributed by atoms with E-state index in [0.29, 0.717) is 11.1 Å². The van der Waals surface area contributed by atoms with Gasteiger partial charge in [-0.2, -0.15) is 0 Å². The summed E-state index contributed by atoms with van der Waals surface area (Å²) in [6, 6.07) is 0. The zero-order chi connectivity index (χ0) is 33.2. The Balaban J connectivity index is 1.96. The van der Waals surface area contributed by atoms with E-state index in [1.165, 1.54) is 0 Å². The van der Waals surface area contributed by atoms with Gasteiger partial charge in [0.1, 0.15) is 0 Å². The Morgan fingerprint density at radius 3 is 1.14 bits per heavy atom. The fourth-order valence-electron chi connectivity index (χ4n) is 5.30. The van der Waals surface area contributed by atoms with Crippen LogP contribution in [0.2, 0.25) is 0 Å². The van der Waals surface area contributed by atoms with Crippen molar-refractivity contribution in [2.75, 3.05) is 0 Å². The molecule has 0 radical (unpaired) electrons. The average Bonchev–Trinajstić information content (AvgIpc) is 2.92. The van der Waals surface area contributed by atoms with E-state index in [1.807, 2.05) is 140 Å². The van der Waals surface area contributed by atoms with Gasteiger partial charge in [-0.05, 0) is 63.5 Å². The molecule has 0 spiro atoms. The van der Waals surface area contributed by atoms with Crippen LogP contribution >= 0.6 is 0 Å². The summed E-state index contributed by atoms with van der Waals surface area (Å²) in [5.41, 5.74) is 6.55. The Kier molecular flexibility index (Phi) is 12.7. The number of carbonyl (C=O) groups excluding carboxylic acids is 4. The van der Waals surface area contributed by atoms with Crippen LogP contribution in [0.4, 0.5) is 0 Å². The zero-order valence-corrected chi connectivity index (χ0v) is 28.1. The standard InChI is InChI=1S/C40H48O4/c1-27(17-13-19-29(3)21-23-33-31(5)37(43)35(41)25-39(33,7)8)15-11-12-16-28(2)18-14-20-30(4)22-24-34-32(6)38(44)36(42)26-40(34,9)10/h11-24H,25-26H2,1-10H3/b12-11+,17-13+,18-14+,23-21?,24-22?,27-15+,28-16+,29-19+,30-20?. The predicted molar refractivity (Wildman–Crippen MR) is 183 cm³/mol. The largest absolute Gasteiger partial charge is 0.290 e. The maximum absolute atomic E-state index is 12.1. The summed E-state index contributed by atoms with van der Waals surface area (Å²) in [7, 11) is 0. The number of hydrogen-bond acceptors (Lipinski definition) is 4. The van der Waals surface area contributed by atoms with Crippen LogP contribution in [0.3, 0.4) is 0 Å². The number of Topliss-reactive ketones (excluding diaryl/α,β-unsaturated/α-hetero) is 4. The smallest absolute Gasteiger partial charge is 0.224 e. The Bertz CT molecular complexity index is 1430. The fourth-order valence-corrected chi connectivity index (χ4v) is 5.30. The van der Waals surface area contributed by atoms with Gasteiger partial charge in [0.2, 0.25) is 23.1 Å². The highest BCUT2D eigenvalue weighted by molar-refractivity contribution is 6.45. The van der Waals surface area contributed by atoms with Gasteiger partial charge in [0.05, 0.1) is 0 Å². The van der Waals surface area contributed by atoms with Crippen molar-refractivity contribution in [1.82, 2.24) is 0 Å². The molecule has 0 unspecified atom stereocenters. The van der Waals surface area contributed by atoms with Crippen LogP contribution in [0.25, 0.3) is 0 Å². The molecule has 0 N–H and O–H groups in total. The third kappa shape index (κ3) is 10.2. The molecule has 0 aromatic rings. The van der Waals surface area contributed by atoms with Crippen molar-refractivity contribution in [3.05, 3.63) is 130 Å². The van der Waals surface area contributed by atoms with Crippen LogP contribution in [0.5, 0.6) is 0 Å². The molecule has 0 aromatic carbocycles. The second kappa shape index (κ2) is 15.5. The van der Waals surface area contributed by atoms with Crippen molar-refractivity contribution in [2.45, 2.75) is 82.1 Å². The van der Waals surface area contributed by atoms with Crippen molar-refractivity contribution in [1.29, 1.82) is 0 Å². The van der Waals surface area contributed by atoms with Crippen LogP contribution < -0.4 is 0 Å². The molecule has 2 rings (SSSR count). The molecule has 0 saturated heterocycles. The average molecular weight is 593 g/mol. The lowest BCUT2D eigenvalue weighted by molar-refractivity contribution is -0.136. The van der Waals surface area contributed by atoms with E-state index in [9.17, 15) is 19.2 Å². The van der Waals surface area contributed by atoms with Gasteiger partial charge in [-0.15, -0.1) is 0 Å². The van der Waals surface area contributed by atoms with Crippen molar-refractivity contribution in [2.24, 2.45) is 10.8 Å². The van der Waals surface area contributed by atoms with Crippen molar-refractivity contribution >= 4 is 23.1 Å². The summed E-state index contributed by atoms with van der Waals surface area (Å²) in [6.07, 6.45) is 28.6. The highest BCUT2D eigenvalue weighted by Crippen LogP contribution is 2.39. The van der Waals surface area contributed by atoms with E-state index < -0.39 is 0 Å². The minimum atomic E-state index is -0.371. The maximum Gasteiger partial charge on any atom is 0.224 e. The Morgan fingerprint density at radius 2 is 0.795 bits per heavy atom. The van der Waals surface area contributed by atoms with Crippen LogP contribution in [0.1, 0.15) is 82.1 Å². The summed E-state index contributed by atoms with van der Waals surface area (Å²) in [5.74, 6) is -1.36. The van der Waals surface area contributed by atoms with Gasteiger partial charge in [-0.1, -0.05) is 135 Å². The van der Waals surface area contributed by atoms with Gasteiger partial charge in [-0.3, -0.25) is 19.2 Å². The molecule has 0 aromatic heterocycles. The van der Waals surface area contributed by atoms with E-state index in [-0.39, 0.29) is 46.8 Å². The lowest BCUT2D eigenvalue weighted by atomic mass is 9.71. The quantitative estimate of drug-likeness (QED) is 0.187. The van der Waals surface area contributed by atoms with Crippen LogP contribution in [0, 0.1) is 10.8 Å². The molecule has 0 amide bonds. The monoisotopic (exact) mass is 592 g/mol. The van der Waals surface area contributed by atoms with Crippen molar-refractivity contribution in [3.8, 4) is 0 Å². The Morgan fingerprint density at radius 1 is 0.500 bits per heavy atom. The first kappa shape index (κ1) is 36.0. The van der Waals surface area contributed by atoms with Gasteiger partial charge in [0, 0.05) is 24.0 Å². The molecule has 2 aliphatic carbocycles. The van der Waals surface area contributed by atoms with Crippen LogP contribution in [-0.4, -0.2) is 23.1 Å². The van der Waals surface area contributed by atoms with E-state index in [0.717, 1.165) is 33.4 Å². The van der Waals surface area contributed by atoms with E-state index in [1.54, 1.807) is 13.8 Å². The summed E-state index contributed by atoms with van der Waals surface area (Å²) in [4.78, 5) is 48.1. The van der Waals surface area contributed by atoms with E-state index in [4.69, 9.17) is 0 Å². The highest BCUT2D eigenvalue weighted by atomic mass is 16.2. The fraction of sp³-hybridized carbons (Fsp3) is 0.350. The van der Waals surface area contributed by atoms with Crippen LogP contribution in [0.15, 0.2) is 130 Å². The third-order valence-electron chi connectivity index (χ3n) is 7.95. The number of allylic oxidation sites excluding steroid dienone is 22. The first-order valence-corrected chi connectivity index (χ1v) is 15.1. The molecule has 232 valence electrons. The zero-order valence-electron chi connectivity index (χ0n) is 28.1. The van der Waals surface area contributed by atoms with E-state index in [2.05, 4.69) is 0 Å². The second-order valence-electron chi connectivity index (χ2n) is 13.1. The first-order valence-electron chi connectivity index (χ1n) is 15.1. The Labute approximate surface area is 264 Å². The van der Waals surface area contributed by atoms with E-state index >= 15 is 0 Å². The van der Waals surface area contributed by atoms with Crippen LogP contribution in [-0.2, 0) is 19.2 Å². The first-order chi connectivity index (χ1) is 20.5. The van der Waals surface area contributed by atoms with Gasteiger partial charge in [0.15, 0.2) is 0 Å². The normalized spacial score (nSPS) is 21.2. The summed E-state index contributed by atoms with van der Waals surface area (Å²) in [6.45, 7) is 19.6. The lowest BCUT2D eigenvalue weighted by Gasteiger charge is -2.31. The van der Waals surface area contributed by atoms with Gasteiger partial charge in [-0.25, -0.2) is 0 Å². The summed E-state index contributed by atoms with van der Waals surface area (Å²) < 4.78 is 0.